The van der Waals surface area contributed by atoms with E-state index in [1.807, 2.05) is 0 Å². The van der Waals surface area contributed by atoms with Crippen LogP contribution in [0.15, 0.2) is 29.2 Å². The summed E-state index contributed by atoms with van der Waals surface area (Å²) in [5, 5.41) is 8.89. The van der Waals surface area contributed by atoms with Crippen LogP contribution in [0.25, 0.3) is 0 Å². The number of alkyl halides is 1. The molecule has 0 aromatic heterocycles. The molecule has 138 valence electrons. The summed E-state index contributed by atoms with van der Waals surface area (Å²) in [6, 6.07) is 5.30. The van der Waals surface area contributed by atoms with Crippen molar-refractivity contribution < 1.29 is 32.2 Å². The highest BCUT2D eigenvalue weighted by Crippen LogP contribution is 2.27. The van der Waals surface area contributed by atoms with E-state index in [9.17, 15) is 22.4 Å². The van der Waals surface area contributed by atoms with E-state index in [2.05, 4.69) is 4.72 Å². The maximum atomic E-state index is 14.1. The molecule has 1 fully saturated rings. The van der Waals surface area contributed by atoms with Crippen molar-refractivity contribution in [2.24, 2.45) is 0 Å². The number of carbonyl (C=O) groups excluding carboxylic acids is 1. The van der Waals surface area contributed by atoms with Gasteiger partial charge in [-0.1, -0.05) is 6.07 Å². The Morgan fingerprint density at radius 2 is 2.16 bits per heavy atom. The molecule has 1 atom stereocenters. The Morgan fingerprint density at radius 3 is 2.76 bits per heavy atom. The summed E-state index contributed by atoms with van der Waals surface area (Å²) in [4.78, 5) is 24.3. The van der Waals surface area contributed by atoms with Crippen LogP contribution >= 0.6 is 0 Å². The summed E-state index contributed by atoms with van der Waals surface area (Å²) in [5.41, 5.74) is -2.43. The zero-order valence-electron chi connectivity index (χ0n) is 13.6. The van der Waals surface area contributed by atoms with Crippen LogP contribution in [0.4, 0.5) is 4.39 Å². The first-order valence-electron chi connectivity index (χ1n) is 7.50. The van der Waals surface area contributed by atoms with Crippen LogP contribution in [0.1, 0.15) is 16.8 Å². The average molecular weight is 374 g/mol. The van der Waals surface area contributed by atoms with Gasteiger partial charge >= 0.3 is 5.97 Å². The number of hydrogen-bond donors (Lipinski definition) is 2. The first kappa shape index (κ1) is 19.3. The number of halogens is 1. The second-order valence-corrected chi connectivity index (χ2v) is 7.43. The van der Waals surface area contributed by atoms with Crippen molar-refractivity contribution in [2.75, 3.05) is 33.4 Å². The van der Waals surface area contributed by atoms with Crippen molar-refractivity contribution in [1.82, 2.24) is 9.62 Å². The van der Waals surface area contributed by atoms with Crippen molar-refractivity contribution in [3.05, 3.63) is 29.8 Å². The number of ether oxygens (including phenoxy) is 1. The molecule has 25 heavy (non-hydrogen) atoms. The summed E-state index contributed by atoms with van der Waals surface area (Å²) in [6.07, 6.45) is -0.301. The maximum Gasteiger partial charge on any atom is 0.343 e. The lowest BCUT2D eigenvalue weighted by molar-refractivity contribution is -0.149. The molecule has 0 bridgehead atoms. The molecule has 1 unspecified atom stereocenters. The number of benzene rings is 1. The van der Waals surface area contributed by atoms with Gasteiger partial charge in [-0.25, -0.2) is 22.3 Å². The van der Waals surface area contributed by atoms with Crippen molar-refractivity contribution >= 4 is 21.9 Å². The lowest BCUT2D eigenvalue weighted by atomic mass is 10.1. The first-order valence-corrected chi connectivity index (χ1v) is 8.98. The SMILES string of the molecule is COCCNS(=O)(=O)c1cccc(C(=O)N2CCC(F)(C(=O)O)C2)c1. The van der Waals surface area contributed by atoms with Gasteiger partial charge in [-0.3, -0.25) is 4.79 Å². The molecule has 1 aromatic rings. The largest absolute Gasteiger partial charge is 0.479 e. The highest BCUT2D eigenvalue weighted by atomic mass is 32.2. The Labute approximate surface area is 144 Å². The van der Waals surface area contributed by atoms with Crippen LogP contribution in [0, 0.1) is 0 Å². The standard InChI is InChI=1S/C15H19FN2O6S/c1-24-8-6-17-25(22,23)12-4-2-3-11(9-12)13(19)18-7-5-15(16,10-18)14(20)21/h2-4,9,17H,5-8,10H2,1H3,(H,20,21). The van der Waals surface area contributed by atoms with Crippen LogP contribution in [0.5, 0.6) is 0 Å². The molecule has 1 heterocycles. The van der Waals surface area contributed by atoms with Crippen molar-refractivity contribution in [3.63, 3.8) is 0 Å². The smallest absolute Gasteiger partial charge is 0.343 e. The van der Waals surface area contributed by atoms with E-state index in [1.54, 1.807) is 0 Å². The van der Waals surface area contributed by atoms with Gasteiger partial charge in [0.25, 0.3) is 5.91 Å². The second kappa shape index (κ2) is 7.46. The van der Waals surface area contributed by atoms with Gasteiger partial charge < -0.3 is 14.7 Å². The third-order valence-corrected chi connectivity index (χ3v) is 5.34. The Hall–Kier alpha value is -2.04. The number of aliphatic carboxylic acids is 1. The highest BCUT2D eigenvalue weighted by molar-refractivity contribution is 7.89. The van der Waals surface area contributed by atoms with E-state index >= 15 is 0 Å². The fraction of sp³-hybridized carbons (Fsp3) is 0.467. The van der Waals surface area contributed by atoms with E-state index in [4.69, 9.17) is 9.84 Å². The van der Waals surface area contributed by atoms with E-state index in [0.717, 1.165) is 4.90 Å². The molecular weight excluding hydrogens is 355 g/mol. The number of carbonyl (C=O) groups is 2. The lowest BCUT2D eigenvalue weighted by Crippen LogP contribution is -2.39. The molecule has 1 aromatic carbocycles. The number of rotatable bonds is 7. The Bertz CT molecular complexity index is 769. The number of likely N-dealkylation sites (tertiary alicyclic amines) is 1. The number of amides is 1. The lowest BCUT2D eigenvalue weighted by Gasteiger charge is -2.18. The van der Waals surface area contributed by atoms with Gasteiger partial charge in [0.05, 0.1) is 18.0 Å². The van der Waals surface area contributed by atoms with Crippen molar-refractivity contribution in [3.8, 4) is 0 Å². The summed E-state index contributed by atoms with van der Waals surface area (Å²) < 4.78 is 45.5. The molecule has 10 heteroatoms. The zero-order valence-corrected chi connectivity index (χ0v) is 14.4. The van der Waals surface area contributed by atoms with E-state index in [-0.39, 0.29) is 36.6 Å². The highest BCUT2D eigenvalue weighted by Gasteiger charge is 2.47. The predicted octanol–water partition coefficient (Wildman–Crippen LogP) is 0.250. The third-order valence-electron chi connectivity index (χ3n) is 3.88. The first-order chi connectivity index (χ1) is 11.7. The van der Waals surface area contributed by atoms with Crippen LogP contribution in [-0.2, 0) is 19.6 Å². The predicted molar refractivity (Wildman–Crippen MR) is 85.5 cm³/mol. The van der Waals surface area contributed by atoms with Crippen LogP contribution in [0.2, 0.25) is 0 Å². The molecule has 1 amide bonds. The number of sulfonamides is 1. The molecule has 0 radical (unpaired) electrons. The van der Waals surface area contributed by atoms with Gasteiger partial charge in [-0.05, 0) is 18.2 Å². The fourth-order valence-corrected chi connectivity index (χ4v) is 3.52. The third kappa shape index (κ3) is 4.33. The second-order valence-electron chi connectivity index (χ2n) is 5.67. The van der Waals surface area contributed by atoms with E-state index in [0.29, 0.717) is 0 Å². The summed E-state index contributed by atoms with van der Waals surface area (Å²) in [6.45, 7) is -0.347. The number of methoxy groups -OCH3 is 1. The molecule has 0 saturated carbocycles. The quantitative estimate of drug-likeness (QED) is 0.662. The van der Waals surface area contributed by atoms with Crippen molar-refractivity contribution in [1.29, 1.82) is 0 Å². The molecule has 2 rings (SSSR count). The van der Waals surface area contributed by atoms with Gasteiger partial charge in [0, 0.05) is 32.2 Å². The topological polar surface area (TPSA) is 113 Å². The molecule has 1 aliphatic rings. The molecule has 8 nitrogen and oxygen atoms in total. The van der Waals surface area contributed by atoms with Crippen LogP contribution in [-0.4, -0.2) is 69.3 Å². The summed E-state index contributed by atoms with van der Waals surface area (Å²) in [7, 11) is -2.38. The fourth-order valence-electron chi connectivity index (χ4n) is 2.46. The number of carboxylic acids is 1. The van der Waals surface area contributed by atoms with Gasteiger partial charge in [0.2, 0.25) is 15.7 Å². The zero-order chi connectivity index (χ0) is 18.7. The summed E-state index contributed by atoms with van der Waals surface area (Å²) >= 11 is 0. The normalized spacial score (nSPS) is 20.6. The number of hydrogen-bond acceptors (Lipinski definition) is 5. The Balaban J connectivity index is 2.16. The summed E-state index contributed by atoms with van der Waals surface area (Å²) in [5.74, 6) is -2.23. The molecule has 0 aliphatic carbocycles. The minimum Gasteiger partial charge on any atom is -0.479 e. The minimum absolute atomic E-state index is 0.0456. The van der Waals surface area contributed by atoms with Crippen LogP contribution < -0.4 is 4.72 Å². The molecule has 2 N–H and O–H groups in total. The van der Waals surface area contributed by atoms with Crippen LogP contribution in [0.3, 0.4) is 0 Å². The van der Waals surface area contributed by atoms with Gasteiger partial charge in [0.1, 0.15) is 0 Å². The average Bonchev–Trinajstić information content (AvgIpc) is 2.98. The molecule has 1 saturated heterocycles. The van der Waals surface area contributed by atoms with E-state index < -0.39 is 34.1 Å². The monoisotopic (exact) mass is 374 g/mol. The van der Waals surface area contributed by atoms with E-state index in [1.165, 1.54) is 31.4 Å². The Morgan fingerprint density at radius 1 is 1.44 bits per heavy atom. The molecular formula is C15H19FN2O6S. The molecule has 1 aliphatic heterocycles. The maximum absolute atomic E-state index is 14.1. The number of nitrogens with zero attached hydrogens (tertiary/aromatic N) is 1. The number of carboxylic acid groups (broad SMARTS) is 1. The van der Waals surface area contributed by atoms with Gasteiger partial charge in [-0.15, -0.1) is 0 Å². The Kier molecular flexibility index (Phi) is 5.76. The van der Waals surface area contributed by atoms with Gasteiger partial charge in [-0.2, -0.15) is 0 Å². The number of nitrogens with one attached hydrogen (secondary N) is 1. The van der Waals surface area contributed by atoms with Gasteiger partial charge in [0.15, 0.2) is 0 Å². The molecule has 0 spiro atoms. The van der Waals surface area contributed by atoms with Crippen molar-refractivity contribution in [2.45, 2.75) is 17.0 Å². The minimum atomic E-state index is -3.82.